The summed E-state index contributed by atoms with van der Waals surface area (Å²) in [6.45, 7) is 4.60. The SMILES string of the molecule is CC(C)n1cncc1CSCCCO. The molecule has 1 N–H and O–H groups in total. The number of hydrogen-bond acceptors (Lipinski definition) is 3. The second-order valence-corrected chi connectivity index (χ2v) is 4.62. The smallest absolute Gasteiger partial charge is 0.0950 e. The third-order valence-corrected chi connectivity index (χ3v) is 3.08. The highest BCUT2D eigenvalue weighted by molar-refractivity contribution is 7.98. The third kappa shape index (κ3) is 3.35. The predicted molar refractivity (Wildman–Crippen MR) is 60.5 cm³/mol. The zero-order valence-corrected chi connectivity index (χ0v) is 9.63. The van der Waals surface area contributed by atoms with Gasteiger partial charge in [-0.25, -0.2) is 4.98 Å². The van der Waals surface area contributed by atoms with E-state index >= 15 is 0 Å². The minimum Gasteiger partial charge on any atom is -0.396 e. The summed E-state index contributed by atoms with van der Waals surface area (Å²) in [6.07, 6.45) is 4.68. The third-order valence-electron chi connectivity index (χ3n) is 2.00. The summed E-state index contributed by atoms with van der Waals surface area (Å²) in [5.41, 5.74) is 1.27. The van der Waals surface area contributed by atoms with Crippen LogP contribution in [0.15, 0.2) is 12.5 Å². The number of aromatic nitrogens is 2. The molecule has 4 heteroatoms. The van der Waals surface area contributed by atoms with Gasteiger partial charge >= 0.3 is 0 Å². The van der Waals surface area contributed by atoms with Crippen molar-refractivity contribution >= 4 is 11.8 Å². The molecule has 0 saturated carbocycles. The summed E-state index contributed by atoms with van der Waals surface area (Å²) < 4.78 is 2.19. The fourth-order valence-electron chi connectivity index (χ4n) is 1.25. The first-order chi connectivity index (χ1) is 6.75. The van der Waals surface area contributed by atoms with E-state index in [4.69, 9.17) is 5.11 Å². The van der Waals surface area contributed by atoms with Crippen molar-refractivity contribution in [2.45, 2.75) is 32.1 Å². The number of aliphatic hydroxyl groups is 1. The molecule has 0 unspecified atom stereocenters. The van der Waals surface area contributed by atoms with E-state index in [0.29, 0.717) is 6.04 Å². The molecular weight excluding hydrogens is 196 g/mol. The van der Waals surface area contributed by atoms with Gasteiger partial charge in [0.15, 0.2) is 0 Å². The Balaban J connectivity index is 2.38. The molecular formula is C10H18N2OS. The monoisotopic (exact) mass is 214 g/mol. The van der Waals surface area contributed by atoms with Crippen LogP contribution in [0.5, 0.6) is 0 Å². The summed E-state index contributed by atoms with van der Waals surface area (Å²) >= 11 is 1.85. The predicted octanol–water partition coefficient (Wildman–Crippen LogP) is 2.08. The van der Waals surface area contributed by atoms with Crippen molar-refractivity contribution in [1.82, 2.24) is 9.55 Å². The van der Waals surface area contributed by atoms with E-state index in [1.807, 2.05) is 24.3 Å². The zero-order valence-electron chi connectivity index (χ0n) is 8.81. The van der Waals surface area contributed by atoms with Crippen LogP contribution in [-0.4, -0.2) is 27.0 Å². The minimum absolute atomic E-state index is 0.288. The van der Waals surface area contributed by atoms with E-state index in [2.05, 4.69) is 23.4 Å². The van der Waals surface area contributed by atoms with Gasteiger partial charge in [0.1, 0.15) is 0 Å². The Morgan fingerprint density at radius 3 is 3.00 bits per heavy atom. The molecule has 0 amide bonds. The molecule has 0 bridgehead atoms. The summed E-state index contributed by atoms with van der Waals surface area (Å²) in [5, 5.41) is 8.64. The quantitative estimate of drug-likeness (QED) is 0.737. The molecule has 0 aliphatic rings. The Kier molecular flexibility index (Phi) is 5.04. The van der Waals surface area contributed by atoms with Crippen molar-refractivity contribution in [3.63, 3.8) is 0 Å². The van der Waals surface area contributed by atoms with Crippen molar-refractivity contribution in [3.05, 3.63) is 18.2 Å². The van der Waals surface area contributed by atoms with Crippen molar-refractivity contribution in [2.75, 3.05) is 12.4 Å². The number of aliphatic hydroxyl groups excluding tert-OH is 1. The van der Waals surface area contributed by atoms with Crippen LogP contribution in [0.4, 0.5) is 0 Å². The molecule has 0 radical (unpaired) electrons. The van der Waals surface area contributed by atoms with Crippen molar-refractivity contribution in [3.8, 4) is 0 Å². The summed E-state index contributed by atoms with van der Waals surface area (Å²) in [6, 6.07) is 0.478. The van der Waals surface area contributed by atoms with Gasteiger partial charge in [0.2, 0.25) is 0 Å². The summed E-state index contributed by atoms with van der Waals surface area (Å²) in [4.78, 5) is 4.14. The van der Waals surface area contributed by atoms with Crippen LogP contribution >= 0.6 is 11.8 Å². The van der Waals surface area contributed by atoms with E-state index in [1.165, 1.54) is 5.69 Å². The Morgan fingerprint density at radius 1 is 1.57 bits per heavy atom. The Labute approximate surface area is 89.5 Å². The van der Waals surface area contributed by atoms with Crippen molar-refractivity contribution < 1.29 is 5.11 Å². The van der Waals surface area contributed by atoms with E-state index in [-0.39, 0.29) is 6.61 Å². The minimum atomic E-state index is 0.288. The molecule has 1 rings (SSSR count). The summed E-state index contributed by atoms with van der Waals surface area (Å²) in [5.74, 6) is 2.00. The molecule has 80 valence electrons. The number of rotatable bonds is 6. The van der Waals surface area contributed by atoms with Gasteiger partial charge in [0, 0.05) is 30.3 Å². The highest BCUT2D eigenvalue weighted by Crippen LogP contribution is 2.16. The standard InChI is InChI=1S/C10H18N2OS/c1-9(2)12-8-11-6-10(12)7-14-5-3-4-13/h6,8-9,13H,3-5,7H2,1-2H3. The molecule has 0 aliphatic heterocycles. The molecule has 0 spiro atoms. The van der Waals surface area contributed by atoms with Gasteiger partial charge in [-0.15, -0.1) is 0 Å². The van der Waals surface area contributed by atoms with E-state index in [9.17, 15) is 0 Å². The van der Waals surface area contributed by atoms with Crippen LogP contribution in [0.25, 0.3) is 0 Å². The highest BCUT2D eigenvalue weighted by atomic mass is 32.2. The molecule has 14 heavy (non-hydrogen) atoms. The molecule has 1 heterocycles. The van der Waals surface area contributed by atoms with Crippen molar-refractivity contribution in [2.24, 2.45) is 0 Å². The van der Waals surface area contributed by atoms with Gasteiger partial charge in [-0.05, 0) is 26.0 Å². The maximum Gasteiger partial charge on any atom is 0.0950 e. The van der Waals surface area contributed by atoms with Gasteiger partial charge in [0.05, 0.1) is 6.33 Å². The molecule has 0 fully saturated rings. The van der Waals surface area contributed by atoms with Gasteiger partial charge < -0.3 is 9.67 Å². The average Bonchev–Trinajstić information content (AvgIpc) is 2.60. The lowest BCUT2D eigenvalue weighted by Gasteiger charge is -2.10. The molecule has 0 aliphatic carbocycles. The lowest BCUT2D eigenvalue weighted by atomic mass is 10.4. The normalized spacial score (nSPS) is 11.1. The summed E-state index contributed by atoms with van der Waals surface area (Å²) in [7, 11) is 0. The molecule has 1 aromatic rings. The lowest BCUT2D eigenvalue weighted by Crippen LogP contribution is -2.03. The molecule has 3 nitrogen and oxygen atoms in total. The van der Waals surface area contributed by atoms with Crippen LogP contribution in [0.3, 0.4) is 0 Å². The Bertz CT molecular complexity index is 260. The maximum absolute atomic E-state index is 8.64. The first kappa shape index (κ1) is 11.6. The van der Waals surface area contributed by atoms with Gasteiger partial charge in [-0.1, -0.05) is 0 Å². The van der Waals surface area contributed by atoms with Gasteiger partial charge in [-0.2, -0.15) is 11.8 Å². The number of imidazole rings is 1. The van der Waals surface area contributed by atoms with Crippen LogP contribution < -0.4 is 0 Å². The van der Waals surface area contributed by atoms with E-state index in [1.54, 1.807) is 0 Å². The first-order valence-electron chi connectivity index (χ1n) is 4.95. The van der Waals surface area contributed by atoms with E-state index < -0.39 is 0 Å². The Morgan fingerprint density at radius 2 is 2.36 bits per heavy atom. The zero-order chi connectivity index (χ0) is 10.4. The van der Waals surface area contributed by atoms with Crippen molar-refractivity contribution in [1.29, 1.82) is 0 Å². The highest BCUT2D eigenvalue weighted by Gasteiger charge is 2.04. The molecule has 0 atom stereocenters. The number of nitrogens with zero attached hydrogens (tertiary/aromatic N) is 2. The second-order valence-electron chi connectivity index (χ2n) is 3.52. The average molecular weight is 214 g/mol. The first-order valence-corrected chi connectivity index (χ1v) is 6.10. The number of thioether (sulfide) groups is 1. The number of hydrogen-bond donors (Lipinski definition) is 1. The fourth-order valence-corrected chi connectivity index (χ4v) is 2.16. The van der Waals surface area contributed by atoms with Crippen LogP contribution in [-0.2, 0) is 5.75 Å². The van der Waals surface area contributed by atoms with Gasteiger partial charge in [-0.3, -0.25) is 0 Å². The Hall–Kier alpha value is -0.480. The topological polar surface area (TPSA) is 38.0 Å². The second kappa shape index (κ2) is 6.09. The van der Waals surface area contributed by atoms with Crippen LogP contribution in [0.2, 0.25) is 0 Å². The largest absolute Gasteiger partial charge is 0.396 e. The fraction of sp³-hybridized carbons (Fsp3) is 0.700. The maximum atomic E-state index is 8.64. The molecule has 0 saturated heterocycles. The van der Waals surface area contributed by atoms with Crippen LogP contribution in [0, 0.1) is 0 Å². The lowest BCUT2D eigenvalue weighted by molar-refractivity contribution is 0.296. The van der Waals surface area contributed by atoms with Crippen LogP contribution in [0.1, 0.15) is 32.0 Å². The van der Waals surface area contributed by atoms with E-state index in [0.717, 1.165) is 17.9 Å². The molecule has 0 aromatic carbocycles. The van der Waals surface area contributed by atoms with Gasteiger partial charge in [0.25, 0.3) is 0 Å². The molecule has 1 aromatic heterocycles.